The minimum Gasteiger partial charge on any atom is -0.462 e. The molecule has 3 N–H and O–H groups in total. The third-order valence-corrected chi connectivity index (χ3v) is 17.6. The van der Waals surface area contributed by atoms with Crippen LogP contribution < -0.4 is 0 Å². The molecule has 2 unspecified atom stereocenters. The highest BCUT2D eigenvalue weighted by molar-refractivity contribution is 7.47. The number of phosphoric acid groups is 2. The smallest absolute Gasteiger partial charge is 0.462 e. The van der Waals surface area contributed by atoms with Crippen LogP contribution in [0.4, 0.5) is 0 Å². The molecule has 19 heteroatoms. The van der Waals surface area contributed by atoms with Gasteiger partial charge in [-0.05, 0) is 37.5 Å². The summed E-state index contributed by atoms with van der Waals surface area (Å²) in [5.74, 6) is -0.663. The minimum atomic E-state index is -4.95. The van der Waals surface area contributed by atoms with Crippen molar-refractivity contribution in [2.75, 3.05) is 39.6 Å². The lowest BCUT2D eigenvalue weighted by molar-refractivity contribution is -0.161. The molecule has 0 rings (SSSR count). The largest absolute Gasteiger partial charge is 0.472 e. The summed E-state index contributed by atoms with van der Waals surface area (Å²) in [6, 6.07) is 0. The first kappa shape index (κ1) is 85.1. The Morgan fingerprint density at radius 1 is 0.310 bits per heavy atom. The Kier molecular flexibility index (Phi) is 59.0. The van der Waals surface area contributed by atoms with Crippen LogP contribution in [0.15, 0.2) is 0 Å². The second kappa shape index (κ2) is 60.3. The van der Waals surface area contributed by atoms with E-state index in [0.717, 1.165) is 109 Å². The summed E-state index contributed by atoms with van der Waals surface area (Å²) >= 11 is 0. The SMILES string of the molecule is CCCCCCCCCCCCCCCC(=O)OC[C@H](COP(=O)(O)OC[C@@H](O)COP(=O)(O)OC[C@@H](COC(=O)CCCCCCCCC)OC(=O)CCCCCCCCC(C)C)OC(=O)CCCCCCCCCCCCCCCCCC(C)C. The van der Waals surface area contributed by atoms with Gasteiger partial charge in [0.25, 0.3) is 0 Å². The summed E-state index contributed by atoms with van der Waals surface area (Å²) < 4.78 is 68.0. The molecule has 0 aromatic rings. The van der Waals surface area contributed by atoms with Gasteiger partial charge in [0.1, 0.15) is 19.3 Å². The average molecular weight is 1280 g/mol. The molecule has 0 amide bonds. The maximum absolute atomic E-state index is 13.0. The first-order valence-electron chi connectivity index (χ1n) is 35.5. The van der Waals surface area contributed by atoms with Gasteiger partial charge in [0.15, 0.2) is 12.2 Å². The minimum absolute atomic E-state index is 0.102. The average Bonchev–Trinajstić information content (AvgIpc) is 3.58. The van der Waals surface area contributed by atoms with Crippen molar-refractivity contribution in [3.8, 4) is 0 Å². The molecule has 0 aliphatic heterocycles. The standard InChI is InChI=1S/C68H132O17P2/c1-7-9-11-13-15-16-17-21-25-28-32-39-45-51-66(71)79-57-63(84-67(72)52-46-40-33-29-26-23-20-18-19-22-24-27-31-36-42-48-60(3)4)58-82-86(74,75)80-54-62(69)55-81-87(76,77)83-59-64(56-78-65(70)50-44-38-30-14-12-10-8-2)85-68(73)53-47-41-35-34-37-43-49-61(5)6/h60-64,69H,7-59H2,1-6H3,(H,74,75)(H,76,77)/t62-,63-,64-/m1/s1. The fourth-order valence-electron chi connectivity index (χ4n) is 10.2. The quantitative estimate of drug-likeness (QED) is 0.0222. The van der Waals surface area contributed by atoms with E-state index in [9.17, 15) is 43.2 Å². The van der Waals surface area contributed by atoms with Crippen LogP contribution in [-0.2, 0) is 65.4 Å². The first-order valence-corrected chi connectivity index (χ1v) is 38.5. The predicted molar refractivity (Wildman–Crippen MR) is 349 cm³/mol. The Bertz CT molecular complexity index is 1700. The van der Waals surface area contributed by atoms with Crippen LogP contribution in [0.5, 0.6) is 0 Å². The van der Waals surface area contributed by atoms with Crippen molar-refractivity contribution in [1.82, 2.24) is 0 Å². The Morgan fingerprint density at radius 2 is 0.529 bits per heavy atom. The van der Waals surface area contributed by atoms with Gasteiger partial charge in [0.2, 0.25) is 0 Å². The summed E-state index contributed by atoms with van der Waals surface area (Å²) in [5, 5.41) is 10.5. The second-order valence-electron chi connectivity index (χ2n) is 25.5. The van der Waals surface area contributed by atoms with Crippen molar-refractivity contribution in [2.45, 2.75) is 362 Å². The van der Waals surface area contributed by atoms with Gasteiger partial charge in [-0.25, -0.2) is 9.13 Å². The van der Waals surface area contributed by atoms with Gasteiger partial charge in [0, 0.05) is 25.7 Å². The van der Waals surface area contributed by atoms with Gasteiger partial charge in [-0.1, -0.05) is 292 Å². The summed E-state index contributed by atoms with van der Waals surface area (Å²) in [6.45, 7) is 9.42. The van der Waals surface area contributed by atoms with Crippen molar-refractivity contribution < 1.29 is 80.2 Å². The number of ether oxygens (including phenoxy) is 4. The molecule has 17 nitrogen and oxygen atoms in total. The highest BCUT2D eigenvalue weighted by Crippen LogP contribution is 2.45. The molecule has 0 radical (unpaired) electrons. The van der Waals surface area contributed by atoms with E-state index in [-0.39, 0.29) is 25.7 Å². The van der Waals surface area contributed by atoms with Crippen molar-refractivity contribution in [2.24, 2.45) is 11.8 Å². The number of rotatable bonds is 67. The van der Waals surface area contributed by atoms with E-state index in [4.69, 9.17) is 37.0 Å². The van der Waals surface area contributed by atoms with Crippen LogP contribution >= 0.6 is 15.6 Å². The first-order chi connectivity index (χ1) is 41.9. The summed E-state index contributed by atoms with van der Waals surface area (Å²) in [4.78, 5) is 72.2. The Balaban J connectivity index is 5.18. The van der Waals surface area contributed by atoms with E-state index in [1.54, 1.807) is 0 Å². The molecule has 0 spiro atoms. The Labute approximate surface area is 530 Å². The number of aliphatic hydroxyl groups is 1. The van der Waals surface area contributed by atoms with Crippen molar-refractivity contribution >= 4 is 39.5 Å². The van der Waals surface area contributed by atoms with Gasteiger partial charge >= 0.3 is 39.5 Å². The van der Waals surface area contributed by atoms with Gasteiger partial charge in [-0.15, -0.1) is 0 Å². The molecule has 0 bridgehead atoms. The molecule has 0 fully saturated rings. The Hall–Kier alpha value is -1.94. The summed E-state index contributed by atoms with van der Waals surface area (Å²) in [6.07, 6.45) is 44.7. The highest BCUT2D eigenvalue weighted by atomic mass is 31.2. The lowest BCUT2D eigenvalue weighted by Crippen LogP contribution is -2.30. The molecule has 0 heterocycles. The molecule has 87 heavy (non-hydrogen) atoms. The van der Waals surface area contributed by atoms with Crippen LogP contribution in [0.2, 0.25) is 0 Å². The van der Waals surface area contributed by atoms with E-state index in [0.29, 0.717) is 31.6 Å². The maximum Gasteiger partial charge on any atom is 0.472 e. The summed E-state index contributed by atoms with van der Waals surface area (Å²) in [7, 11) is -9.89. The van der Waals surface area contributed by atoms with Crippen LogP contribution in [0.25, 0.3) is 0 Å². The number of unbranched alkanes of at least 4 members (excludes halogenated alkanes) is 37. The van der Waals surface area contributed by atoms with Crippen LogP contribution in [0.3, 0.4) is 0 Å². The number of esters is 4. The molecular weight excluding hydrogens is 1150 g/mol. The number of carbonyl (C=O) groups excluding carboxylic acids is 4. The lowest BCUT2D eigenvalue weighted by atomic mass is 10.0. The van der Waals surface area contributed by atoms with Crippen molar-refractivity contribution in [3.05, 3.63) is 0 Å². The number of aliphatic hydroxyl groups excluding tert-OH is 1. The van der Waals surface area contributed by atoms with Crippen molar-refractivity contribution in [1.29, 1.82) is 0 Å². The fraction of sp³-hybridized carbons (Fsp3) is 0.941. The van der Waals surface area contributed by atoms with E-state index in [2.05, 4.69) is 41.5 Å². The topological polar surface area (TPSA) is 237 Å². The van der Waals surface area contributed by atoms with E-state index >= 15 is 0 Å². The van der Waals surface area contributed by atoms with Crippen LogP contribution in [0.1, 0.15) is 343 Å². The zero-order chi connectivity index (χ0) is 64.3. The number of hydrogen-bond donors (Lipinski definition) is 3. The van der Waals surface area contributed by atoms with E-state index < -0.39 is 97.5 Å². The van der Waals surface area contributed by atoms with Crippen LogP contribution in [0, 0.1) is 11.8 Å². The monoisotopic (exact) mass is 1280 g/mol. The molecule has 0 saturated carbocycles. The van der Waals surface area contributed by atoms with Gasteiger partial charge in [0.05, 0.1) is 26.4 Å². The van der Waals surface area contributed by atoms with Gasteiger partial charge in [-0.2, -0.15) is 0 Å². The molecule has 5 atom stereocenters. The fourth-order valence-corrected chi connectivity index (χ4v) is 11.8. The number of hydrogen-bond acceptors (Lipinski definition) is 15. The summed E-state index contributed by atoms with van der Waals surface area (Å²) in [5.41, 5.74) is 0. The number of phosphoric ester groups is 2. The lowest BCUT2D eigenvalue weighted by Gasteiger charge is -2.21. The van der Waals surface area contributed by atoms with E-state index in [1.165, 1.54) is 148 Å². The Morgan fingerprint density at radius 3 is 0.782 bits per heavy atom. The number of carbonyl (C=O) groups is 4. The molecule has 0 aliphatic carbocycles. The van der Waals surface area contributed by atoms with Gasteiger partial charge < -0.3 is 33.8 Å². The molecule has 0 aliphatic rings. The third-order valence-electron chi connectivity index (χ3n) is 15.7. The zero-order valence-corrected chi connectivity index (χ0v) is 58.1. The maximum atomic E-state index is 13.0. The zero-order valence-electron chi connectivity index (χ0n) is 56.3. The molecule has 516 valence electrons. The second-order valence-corrected chi connectivity index (χ2v) is 28.4. The third kappa shape index (κ3) is 62.6. The molecule has 0 aromatic heterocycles. The molecule has 0 aromatic carbocycles. The van der Waals surface area contributed by atoms with Crippen LogP contribution in [-0.4, -0.2) is 96.7 Å². The highest BCUT2D eigenvalue weighted by Gasteiger charge is 2.30. The molecule has 0 saturated heterocycles. The van der Waals surface area contributed by atoms with Gasteiger partial charge in [-0.3, -0.25) is 37.3 Å². The predicted octanol–water partition coefficient (Wildman–Crippen LogP) is 19.2. The normalized spacial score (nSPS) is 14.2. The van der Waals surface area contributed by atoms with E-state index in [1.807, 2.05) is 0 Å². The van der Waals surface area contributed by atoms with Crippen molar-refractivity contribution in [3.63, 3.8) is 0 Å². The molecular formula is C68H132O17P2.